The quantitative estimate of drug-likeness (QED) is 0.770. The molecule has 0 amide bonds. The third kappa shape index (κ3) is 1.71. The second-order valence-electron chi connectivity index (χ2n) is 3.14. The van der Waals surface area contributed by atoms with Crippen molar-refractivity contribution in [1.82, 2.24) is 5.32 Å². The average molecular weight is 214 g/mol. The fourth-order valence-corrected chi connectivity index (χ4v) is 3.17. The van der Waals surface area contributed by atoms with Crippen LogP contribution in [0, 0.1) is 0 Å². The van der Waals surface area contributed by atoms with Gasteiger partial charge in [-0.15, -0.1) is 11.8 Å². The van der Waals surface area contributed by atoms with Crippen LogP contribution in [0.1, 0.15) is 18.0 Å². The van der Waals surface area contributed by atoms with Gasteiger partial charge in [0.2, 0.25) is 0 Å². The minimum Gasteiger partial charge on any atom is -0.313 e. The van der Waals surface area contributed by atoms with E-state index in [-0.39, 0.29) is 0 Å². The molecule has 0 fully saturated rings. The zero-order valence-electron chi connectivity index (χ0n) is 7.51. The summed E-state index contributed by atoms with van der Waals surface area (Å²) >= 11 is 7.98. The zero-order valence-corrected chi connectivity index (χ0v) is 9.08. The smallest absolute Gasteiger partial charge is 0.0545 e. The van der Waals surface area contributed by atoms with Crippen molar-refractivity contribution in [2.75, 3.05) is 12.8 Å². The number of halogens is 1. The van der Waals surface area contributed by atoms with Crippen LogP contribution < -0.4 is 5.32 Å². The van der Waals surface area contributed by atoms with Crippen LogP contribution in [0.15, 0.2) is 23.1 Å². The van der Waals surface area contributed by atoms with E-state index in [4.69, 9.17) is 11.6 Å². The van der Waals surface area contributed by atoms with Crippen molar-refractivity contribution in [1.29, 1.82) is 0 Å². The van der Waals surface area contributed by atoms with E-state index >= 15 is 0 Å². The van der Waals surface area contributed by atoms with Gasteiger partial charge in [0, 0.05) is 10.9 Å². The van der Waals surface area contributed by atoms with Gasteiger partial charge in [-0.25, -0.2) is 0 Å². The van der Waals surface area contributed by atoms with Crippen molar-refractivity contribution < 1.29 is 0 Å². The van der Waals surface area contributed by atoms with Gasteiger partial charge < -0.3 is 5.32 Å². The average Bonchev–Trinajstić information content (AvgIpc) is 2.18. The Balaban J connectivity index is 2.45. The summed E-state index contributed by atoms with van der Waals surface area (Å²) in [5.74, 6) is 1.16. The van der Waals surface area contributed by atoms with Gasteiger partial charge >= 0.3 is 0 Å². The molecule has 0 radical (unpaired) electrons. The molecule has 2 rings (SSSR count). The summed E-state index contributed by atoms with van der Waals surface area (Å²) in [6, 6.07) is 6.63. The topological polar surface area (TPSA) is 12.0 Å². The lowest BCUT2D eigenvalue weighted by atomic mass is 10.0. The van der Waals surface area contributed by atoms with Crippen LogP contribution in [-0.4, -0.2) is 12.8 Å². The molecule has 1 unspecified atom stereocenters. The fourth-order valence-electron chi connectivity index (χ4n) is 1.69. The lowest BCUT2D eigenvalue weighted by molar-refractivity contribution is 0.565. The van der Waals surface area contributed by atoms with E-state index in [1.165, 1.54) is 16.9 Å². The molecule has 0 bridgehead atoms. The Labute approximate surface area is 87.9 Å². The maximum atomic E-state index is 6.12. The Morgan fingerprint density at radius 1 is 1.54 bits per heavy atom. The molecule has 1 N–H and O–H groups in total. The van der Waals surface area contributed by atoms with Crippen molar-refractivity contribution in [2.45, 2.75) is 17.4 Å². The van der Waals surface area contributed by atoms with E-state index in [0.29, 0.717) is 6.04 Å². The third-order valence-electron chi connectivity index (χ3n) is 2.37. The highest BCUT2D eigenvalue weighted by Gasteiger charge is 2.20. The van der Waals surface area contributed by atoms with Gasteiger partial charge in [0.25, 0.3) is 0 Å². The summed E-state index contributed by atoms with van der Waals surface area (Å²) < 4.78 is 0. The lowest BCUT2D eigenvalue weighted by Crippen LogP contribution is -2.20. The van der Waals surface area contributed by atoms with Gasteiger partial charge in [-0.3, -0.25) is 0 Å². The molecular formula is C10H12ClNS. The minimum atomic E-state index is 0.481. The Kier molecular flexibility index (Phi) is 2.82. The molecule has 0 aromatic heterocycles. The van der Waals surface area contributed by atoms with Crippen molar-refractivity contribution >= 4 is 23.4 Å². The van der Waals surface area contributed by atoms with Gasteiger partial charge in [-0.2, -0.15) is 0 Å². The number of nitrogens with one attached hydrogen (secondary N) is 1. The van der Waals surface area contributed by atoms with E-state index in [0.717, 1.165) is 10.8 Å². The van der Waals surface area contributed by atoms with Crippen molar-refractivity contribution in [2.24, 2.45) is 0 Å². The van der Waals surface area contributed by atoms with Crippen molar-refractivity contribution in [3.8, 4) is 0 Å². The number of benzene rings is 1. The highest BCUT2D eigenvalue weighted by molar-refractivity contribution is 7.99. The highest BCUT2D eigenvalue weighted by atomic mass is 35.5. The maximum Gasteiger partial charge on any atom is 0.0545 e. The van der Waals surface area contributed by atoms with Gasteiger partial charge in [0.15, 0.2) is 0 Å². The van der Waals surface area contributed by atoms with Gasteiger partial charge in [-0.05, 0) is 30.9 Å². The summed E-state index contributed by atoms with van der Waals surface area (Å²) in [4.78, 5) is 1.26. The molecule has 70 valence electrons. The van der Waals surface area contributed by atoms with Gasteiger partial charge in [0.1, 0.15) is 0 Å². The molecule has 1 aromatic rings. The van der Waals surface area contributed by atoms with E-state index in [2.05, 4.69) is 11.4 Å². The molecule has 1 nitrogen and oxygen atoms in total. The van der Waals surface area contributed by atoms with E-state index in [1.54, 1.807) is 0 Å². The molecule has 1 atom stereocenters. The molecule has 0 spiro atoms. The highest BCUT2D eigenvalue weighted by Crippen LogP contribution is 2.39. The van der Waals surface area contributed by atoms with Gasteiger partial charge in [0.05, 0.1) is 5.02 Å². The van der Waals surface area contributed by atoms with Crippen LogP contribution in [-0.2, 0) is 0 Å². The maximum absolute atomic E-state index is 6.12. The SMILES string of the molecule is CNC1CCSc2c(Cl)cccc21. The predicted molar refractivity (Wildman–Crippen MR) is 58.6 cm³/mol. The van der Waals surface area contributed by atoms with Crippen LogP contribution in [0.4, 0.5) is 0 Å². The zero-order chi connectivity index (χ0) is 9.26. The van der Waals surface area contributed by atoms with Crippen LogP contribution in [0.25, 0.3) is 0 Å². The summed E-state index contributed by atoms with van der Waals surface area (Å²) in [7, 11) is 2.01. The largest absolute Gasteiger partial charge is 0.313 e. The molecule has 1 aromatic carbocycles. The standard InChI is InChI=1S/C10H12ClNS/c1-12-9-5-6-13-10-7(9)3-2-4-8(10)11/h2-4,9,12H,5-6H2,1H3. The van der Waals surface area contributed by atoms with Crippen molar-refractivity contribution in [3.05, 3.63) is 28.8 Å². The minimum absolute atomic E-state index is 0.481. The first-order valence-electron chi connectivity index (χ1n) is 4.41. The Bertz CT molecular complexity index is 314. The Hall–Kier alpha value is -0.180. The van der Waals surface area contributed by atoms with E-state index < -0.39 is 0 Å². The number of hydrogen-bond acceptors (Lipinski definition) is 2. The summed E-state index contributed by atoms with van der Waals surface area (Å²) in [6.07, 6.45) is 1.19. The summed E-state index contributed by atoms with van der Waals surface area (Å²) in [5, 5.41) is 4.21. The van der Waals surface area contributed by atoms with Crippen molar-refractivity contribution in [3.63, 3.8) is 0 Å². The summed E-state index contributed by atoms with van der Waals surface area (Å²) in [5.41, 5.74) is 1.35. The number of rotatable bonds is 1. The predicted octanol–water partition coefficient (Wildman–Crippen LogP) is 3.10. The molecule has 0 saturated carbocycles. The Morgan fingerprint density at radius 2 is 2.38 bits per heavy atom. The monoisotopic (exact) mass is 213 g/mol. The molecule has 0 saturated heterocycles. The molecule has 13 heavy (non-hydrogen) atoms. The lowest BCUT2D eigenvalue weighted by Gasteiger charge is -2.25. The fraction of sp³-hybridized carbons (Fsp3) is 0.400. The van der Waals surface area contributed by atoms with Crippen LogP contribution in [0.2, 0.25) is 5.02 Å². The normalized spacial score (nSPS) is 21.2. The molecular weight excluding hydrogens is 202 g/mol. The number of fused-ring (bicyclic) bond motifs is 1. The van der Waals surface area contributed by atoms with E-state index in [9.17, 15) is 0 Å². The van der Waals surface area contributed by atoms with Crippen LogP contribution in [0.5, 0.6) is 0 Å². The number of thioether (sulfide) groups is 1. The molecule has 3 heteroatoms. The second kappa shape index (κ2) is 3.91. The van der Waals surface area contributed by atoms with Gasteiger partial charge in [-0.1, -0.05) is 23.7 Å². The molecule has 1 aliphatic heterocycles. The first-order chi connectivity index (χ1) is 6.33. The van der Waals surface area contributed by atoms with E-state index in [1.807, 2.05) is 30.9 Å². The summed E-state index contributed by atoms with van der Waals surface area (Å²) in [6.45, 7) is 0. The number of hydrogen-bond donors (Lipinski definition) is 1. The molecule has 1 heterocycles. The molecule has 1 aliphatic rings. The molecule has 0 aliphatic carbocycles. The third-order valence-corrected chi connectivity index (χ3v) is 3.99. The van der Waals surface area contributed by atoms with Crippen LogP contribution >= 0.6 is 23.4 Å². The first-order valence-corrected chi connectivity index (χ1v) is 5.77. The second-order valence-corrected chi connectivity index (χ2v) is 4.65. The Morgan fingerprint density at radius 3 is 3.15 bits per heavy atom. The van der Waals surface area contributed by atoms with Crippen LogP contribution in [0.3, 0.4) is 0 Å². The first kappa shape index (κ1) is 9.38.